The third kappa shape index (κ3) is 4.08. The highest BCUT2D eigenvalue weighted by molar-refractivity contribution is 6.33. The minimum Gasteiger partial charge on any atom is -0.421 e. The number of ether oxygens (including phenoxy) is 1. The predicted octanol–water partition coefficient (Wildman–Crippen LogP) is 5.14. The lowest BCUT2D eigenvalue weighted by Gasteiger charge is -2.31. The van der Waals surface area contributed by atoms with Crippen LogP contribution in [0.15, 0.2) is 54.6 Å². The van der Waals surface area contributed by atoms with E-state index in [9.17, 15) is 18.0 Å². The van der Waals surface area contributed by atoms with Crippen LogP contribution >= 0.6 is 11.6 Å². The zero-order chi connectivity index (χ0) is 21.3. The number of hydrogen-bond donors (Lipinski definition) is 1. The highest BCUT2D eigenvalue weighted by atomic mass is 35.5. The van der Waals surface area contributed by atoms with Gasteiger partial charge in [0.15, 0.2) is 5.75 Å². The van der Waals surface area contributed by atoms with Gasteiger partial charge in [-0.15, -0.1) is 0 Å². The number of nitrogens with one attached hydrogen (secondary N) is 1. The second-order valence-electron chi connectivity index (χ2n) is 6.96. The molecule has 1 aliphatic rings. The van der Waals surface area contributed by atoms with Gasteiger partial charge in [-0.25, -0.2) is 4.79 Å². The smallest absolute Gasteiger partial charge is 0.416 e. The van der Waals surface area contributed by atoms with Crippen LogP contribution in [0, 0.1) is 0 Å². The second-order valence-corrected chi connectivity index (χ2v) is 7.36. The lowest BCUT2D eigenvalue weighted by Crippen LogP contribution is -2.43. The predicted molar refractivity (Wildman–Crippen MR) is 110 cm³/mol. The summed E-state index contributed by atoms with van der Waals surface area (Å²) < 4.78 is 45.6. The highest BCUT2D eigenvalue weighted by Gasteiger charge is 2.34. The van der Waals surface area contributed by atoms with Crippen LogP contribution in [0.5, 0.6) is 5.75 Å². The summed E-state index contributed by atoms with van der Waals surface area (Å²) in [6.07, 6.45) is -4.62. The summed E-state index contributed by atoms with van der Waals surface area (Å²) in [5.41, 5.74) is -0.403. The molecule has 1 saturated heterocycles. The number of halogens is 4. The Bertz CT molecular complexity index is 1090. The molecule has 4 rings (SSSR count). The zero-order valence-corrected chi connectivity index (χ0v) is 16.6. The molecule has 1 aliphatic heterocycles. The Kier molecular flexibility index (Phi) is 5.58. The van der Waals surface area contributed by atoms with E-state index in [-0.39, 0.29) is 16.3 Å². The first-order valence-electron chi connectivity index (χ1n) is 9.41. The minimum atomic E-state index is -4.62. The molecule has 0 radical (unpaired) electrons. The lowest BCUT2D eigenvalue weighted by molar-refractivity contribution is -0.137. The average molecular weight is 435 g/mol. The van der Waals surface area contributed by atoms with E-state index >= 15 is 0 Å². The number of carbonyl (C=O) groups is 1. The number of alkyl halides is 3. The van der Waals surface area contributed by atoms with E-state index in [1.165, 1.54) is 0 Å². The van der Waals surface area contributed by atoms with Crippen LogP contribution in [0.3, 0.4) is 0 Å². The average Bonchev–Trinajstić information content (AvgIpc) is 2.73. The molecule has 30 heavy (non-hydrogen) atoms. The van der Waals surface area contributed by atoms with Gasteiger partial charge in [0.1, 0.15) is 0 Å². The SMILES string of the molecule is O=C(Oc1cc(C(F)(F)F)cc(Cl)c1N1CCNCC1)c1cccc2ccccc12. The van der Waals surface area contributed by atoms with E-state index in [1.807, 2.05) is 23.1 Å². The summed E-state index contributed by atoms with van der Waals surface area (Å²) in [6, 6.07) is 14.1. The molecule has 0 bridgehead atoms. The number of benzene rings is 3. The number of fused-ring (bicyclic) bond motifs is 1. The minimum absolute atomic E-state index is 0.104. The first-order chi connectivity index (χ1) is 14.3. The van der Waals surface area contributed by atoms with Gasteiger partial charge in [0.2, 0.25) is 0 Å². The maximum atomic E-state index is 13.4. The first-order valence-corrected chi connectivity index (χ1v) is 9.79. The van der Waals surface area contributed by atoms with Crippen molar-refractivity contribution in [2.24, 2.45) is 0 Å². The molecule has 3 aromatic rings. The van der Waals surface area contributed by atoms with Crippen molar-refractivity contribution < 1.29 is 22.7 Å². The van der Waals surface area contributed by atoms with E-state index < -0.39 is 17.7 Å². The molecule has 4 nitrogen and oxygen atoms in total. The Hall–Kier alpha value is -2.77. The molecule has 0 aromatic heterocycles. The Morgan fingerprint density at radius 2 is 1.73 bits per heavy atom. The van der Waals surface area contributed by atoms with Gasteiger partial charge in [-0.05, 0) is 29.0 Å². The maximum Gasteiger partial charge on any atom is 0.416 e. The van der Waals surface area contributed by atoms with Gasteiger partial charge < -0.3 is 15.0 Å². The number of anilines is 1. The molecule has 1 N–H and O–H groups in total. The number of hydrogen-bond acceptors (Lipinski definition) is 4. The van der Waals surface area contributed by atoms with Crippen LogP contribution in [0.4, 0.5) is 18.9 Å². The second kappa shape index (κ2) is 8.16. The molecule has 0 atom stereocenters. The Morgan fingerprint density at radius 3 is 2.47 bits per heavy atom. The quantitative estimate of drug-likeness (QED) is 0.458. The van der Waals surface area contributed by atoms with Crippen molar-refractivity contribution in [3.63, 3.8) is 0 Å². The van der Waals surface area contributed by atoms with Crippen LogP contribution < -0.4 is 15.0 Å². The topological polar surface area (TPSA) is 41.6 Å². The van der Waals surface area contributed by atoms with Gasteiger partial charge in [-0.2, -0.15) is 13.2 Å². The summed E-state index contributed by atoms with van der Waals surface area (Å²) >= 11 is 6.25. The van der Waals surface area contributed by atoms with Crippen molar-refractivity contribution >= 4 is 34.0 Å². The normalized spacial score (nSPS) is 14.7. The van der Waals surface area contributed by atoms with Crippen LogP contribution in [-0.2, 0) is 6.18 Å². The number of piperazine rings is 1. The summed E-state index contributed by atoms with van der Waals surface area (Å²) in [5.74, 6) is -0.937. The van der Waals surface area contributed by atoms with Crippen molar-refractivity contribution in [2.45, 2.75) is 6.18 Å². The largest absolute Gasteiger partial charge is 0.421 e. The molecule has 1 fully saturated rings. The lowest BCUT2D eigenvalue weighted by atomic mass is 10.0. The molecule has 0 aliphatic carbocycles. The molecule has 156 valence electrons. The summed E-state index contributed by atoms with van der Waals surface area (Å²) in [6.45, 7) is 2.36. The van der Waals surface area contributed by atoms with Gasteiger partial charge in [-0.1, -0.05) is 48.0 Å². The number of rotatable bonds is 3. The fourth-order valence-electron chi connectivity index (χ4n) is 3.57. The Balaban J connectivity index is 1.77. The van der Waals surface area contributed by atoms with Gasteiger partial charge in [-0.3, -0.25) is 0 Å². The number of esters is 1. The van der Waals surface area contributed by atoms with Crippen molar-refractivity contribution in [3.05, 3.63) is 70.7 Å². The zero-order valence-electron chi connectivity index (χ0n) is 15.8. The van der Waals surface area contributed by atoms with E-state index in [2.05, 4.69) is 5.32 Å². The number of nitrogens with zero attached hydrogens (tertiary/aromatic N) is 1. The van der Waals surface area contributed by atoms with Gasteiger partial charge >= 0.3 is 12.1 Å². The summed E-state index contributed by atoms with van der Waals surface area (Å²) in [5, 5.41) is 4.56. The Labute approximate surface area is 176 Å². The molecule has 0 amide bonds. The van der Waals surface area contributed by atoms with Gasteiger partial charge in [0, 0.05) is 26.2 Å². The third-order valence-electron chi connectivity index (χ3n) is 5.00. The maximum absolute atomic E-state index is 13.4. The third-order valence-corrected chi connectivity index (χ3v) is 5.29. The molecule has 0 saturated carbocycles. The molecule has 1 heterocycles. The molecule has 8 heteroatoms. The monoisotopic (exact) mass is 434 g/mol. The highest BCUT2D eigenvalue weighted by Crippen LogP contribution is 2.42. The molecule has 3 aromatic carbocycles. The van der Waals surface area contributed by atoms with Crippen molar-refractivity contribution in [1.29, 1.82) is 0 Å². The summed E-state index contributed by atoms with van der Waals surface area (Å²) in [7, 11) is 0. The van der Waals surface area contributed by atoms with Crippen molar-refractivity contribution in [3.8, 4) is 5.75 Å². The van der Waals surface area contributed by atoms with E-state index in [0.29, 0.717) is 37.3 Å². The van der Waals surface area contributed by atoms with E-state index in [1.54, 1.807) is 24.3 Å². The summed E-state index contributed by atoms with van der Waals surface area (Å²) in [4.78, 5) is 14.8. The van der Waals surface area contributed by atoms with E-state index in [4.69, 9.17) is 16.3 Å². The van der Waals surface area contributed by atoms with Crippen molar-refractivity contribution in [2.75, 3.05) is 31.1 Å². The molecule has 0 unspecified atom stereocenters. The Morgan fingerprint density at radius 1 is 1.03 bits per heavy atom. The van der Waals surface area contributed by atoms with Crippen LogP contribution in [0.2, 0.25) is 5.02 Å². The van der Waals surface area contributed by atoms with Crippen LogP contribution in [-0.4, -0.2) is 32.1 Å². The standard InChI is InChI=1S/C22H18ClF3N2O2/c23-18-12-15(22(24,25)26)13-19(20(18)28-10-8-27-9-11-28)30-21(29)17-7-3-5-14-4-1-2-6-16(14)17/h1-7,12-13,27H,8-11H2. The van der Waals surface area contributed by atoms with Gasteiger partial charge in [0.05, 0.1) is 21.8 Å². The number of carbonyl (C=O) groups excluding carboxylic acids is 1. The van der Waals surface area contributed by atoms with Crippen LogP contribution in [0.1, 0.15) is 15.9 Å². The molecular weight excluding hydrogens is 417 g/mol. The van der Waals surface area contributed by atoms with E-state index in [0.717, 1.165) is 17.5 Å². The first kappa shape index (κ1) is 20.5. The molecule has 0 spiro atoms. The van der Waals surface area contributed by atoms with Crippen molar-refractivity contribution in [1.82, 2.24) is 5.32 Å². The van der Waals surface area contributed by atoms with Crippen LogP contribution in [0.25, 0.3) is 10.8 Å². The fourth-order valence-corrected chi connectivity index (χ4v) is 3.90. The molecular formula is C22H18ClF3N2O2. The van der Waals surface area contributed by atoms with Gasteiger partial charge in [0.25, 0.3) is 0 Å². The fraction of sp³-hybridized carbons (Fsp3) is 0.227.